The molecule has 1 aliphatic heterocycles. The number of benzene rings is 1. The molecule has 0 spiro atoms. The quantitative estimate of drug-likeness (QED) is 0.898. The van der Waals surface area contributed by atoms with Gasteiger partial charge in [0.2, 0.25) is 0 Å². The molecule has 0 bridgehead atoms. The molecule has 1 fully saturated rings. The second kappa shape index (κ2) is 6.28. The molecular formula is C18H29NO. The topological polar surface area (TPSA) is 23.5 Å². The Hall–Kier alpha value is -0.860. The van der Waals surface area contributed by atoms with Gasteiger partial charge in [0.1, 0.15) is 0 Å². The SMILES string of the molecule is CCC(C)(C(O)c1cc(C)cc(C)c1)N1CCCCC1. The highest BCUT2D eigenvalue weighted by Gasteiger charge is 2.38. The van der Waals surface area contributed by atoms with Crippen LogP contribution >= 0.6 is 0 Å². The van der Waals surface area contributed by atoms with Gasteiger partial charge in [-0.05, 0) is 58.7 Å². The summed E-state index contributed by atoms with van der Waals surface area (Å²) in [6, 6.07) is 6.44. The van der Waals surface area contributed by atoms with Gasteiger partial charge < -0.3 is 5.11 Å². The molecule has 0 saturated carbocycles. The third-order valence-electron chi connectivity index (χ3n) is 4.94. The Balaban J connectivity index is 2.29. The van der Waals surface area contributed by atoms with Gasteiger partial charge in [-0.2, -0.15) is 0 Å². The number of aliphatic hydroxyl groups is 1. The molecule has 2 rings (SSSR count). The number of piperidine rings is 1. The average molecular weight is 275 g/mol. The van der Waals surface area contributed by atoms with E-state index in [2.05, 4.69) is 50.8 Å². The fourth-order valence-electron chi connectivity index (χ4n) is 3.52. The molecule has 2 nitrogen and oxygen atoms in total. The van der Waals surface area contributed by atoms with Crippen LogP contribution in [0.1, 0.15) is 62.3 Å². The predicted octanol–water partition coefficient (Wildman–Crippen LogP) is 3.99. The lowest BCUT2D eigenvalue weighted by Crippen LogP contribution is -2.52. The summed E-state index contributed by atoms with van der Waals surface area (Å²) in [7, 11) is 0. The number of hydrogen-bond donors (Lipinski definition) is 1. The van der Waals surface area contributed by atoms with E-state index in [9.17, 15) is 5.11 Å². The zero-order chi connectivity index (χ0) is 14.8. The number of hydrogen-bond acceptors (Lipinski definition) is 2. The molecule has 0 aromatic heterocycles. The van der Waals surface area contributed by atoms with Crippen LogP contribution in [0, 0.1) is 13.8 Å². The van der Waals surface area contributed by atoms with Crippen LogP contribution in [0.4, 0.5) is 0 Å². The highest BCUT2D eigenvalue weighted by atomic mass is 16.3. The van der Waals surface area contributed by atoms with Crippen LogP contribution in [0.5, 0.6) is 0 Å². The molecule has 0 aliphatic carbocycles. The summed E-state index contributed by atoms with van der Waals surface area (Å²) < 4.78 is 0. The second-order valence-corrected chi connectivity index (χ2v) is 6.58. The average Bonchev–Trinajstić information content (AvgIpc) is 2.45. The van der Waals surface area contributed by atoms with E-state index in [-0.39, 0.29) is 5.54 Å². The molecule has 0 amide bonds. The van der Waals surface area contributed by atoms with Gasteiger partial charge in [-0.1, -0.05) is 42.7 Å². The lowest BCUT2D eigenvalue weighted by molar-refractivity contribution is -0.0352. The van der Waals surface area contributed by atoms with Crippen molar-refractivity contribution in [3.8, 4) is 0 Å². The summed E-state index contributed by atoms with van der Waals surface area (Å²) in [6.07, 6.45) is 4.41. The van der Waals surface area contributed by atoms with Crippen molar-refractivity contribution in [2.45, 2.75) is 65.0 Å². The van der Waals surface area contributed by atoms with E-state index in [4.69, 9.17) is 0 Å². The Morgan fingerprint density at radius 2 is 1.65 bits per heavy atom. The summed E-state index contributed by atoms with van der Waals surface area (Å²) in [5, 5.41) is 11.0. The van der Waals surface area contributed by atoms with E-state index in [1.807, 2.05) is 0 Å². The molecule has 112 valence electrons. The van der Waals surface area contributed by atoms with Crippen molar-refractivity contribution in [3.63, 3.8) is 0 Å². The number of likely N-dealkylation sites (tertiary alicyclic amines) is 1. The van der Waals surface area contributed by atoms with Crippen LogP contribution in [0.2, 0.25) is 0 Å². The van der Waals surface area contributed by atoms with Crippen molar-refractivity contribution < 1.29 is 5.11 Å². The Labute approximate surface area is 123 Å². The van der Waals surface area contributed by atoms with Crippen molar-refractivity contribution in [1.29, 1.82) is 0 Å². The molecule has 1 aromatic rings. The smallest absolute Gasteiger partial charge is 0.0970 e. The number of nitrogens with zero attached hydrogens (tertiary/aromatic N) is 1. The maximum Gasteiger partial charge on any atom is 0.0970 e. The lowest BCUT2D eigenvalue weighted by Gasteiger charge is -2.46. The largest absolute Gasteiger partial charge is 0.386 e. The van der Waals surface area contributed by atoms with E-state index in [1.165, 1.54) is 30.4 Å². The van der Waals surface area contributed by atoms with Gasteiger partial charge in [0.15, 0.2) is 0 Å². The molecule has 2 atom stereocenters. The summed E-state index contributed by atoms with van der Waals surface area (Å²) in [4.78, 5) is 2.50. The third-order valence-corrected chi connectivity index (χ3v) is 4.94. The highest BCUT2D eigenvalue weighted by molar-refractivity contribution is 5.31. The van der Waals surface area contributed by atoms with Crippen LogP contribution in [-0.2, 0) is 0 Å². The maximum absolute atomic E-state index is 11.0. The lowest BCUT2D eigenvalue weighted by atomic mass is 9.83. The molecule has 20 heavy (non-hydrogen) atoms. The Bertz CT molecular complexity index is 430. The number of aryl methyl sites for hydroxylation is 2. The first-order chi connectivity index (χ1) is 9.47. The van der Waals surface area contributed by atoms with Crippen molar-refractivity contribution >= 4 is 0 Å². The van der Waals surface area contributed by atoms with E-state index in [0.29, 0.717) is 0 Å². The maximum atomic E-state index is 11.0. The van der Waals surface area contributed by atoms with Gasteiger partial charge in [-0.3, -0.25) is 4.90 Å². The van der Waals surface area contributed by atoms with E-state index in [1.54, 1.807) is 0 Å². The van der Waals surface area contributed by atoms with E-state index in [0.717, 1.165) is 25.1 Å². The fourth-order valence-corrected chi connectivity index (χ4v) is 3.52. The third kappa shape index (κ3) is 3.07. The first-order valence-electron chi connectivity index (χ1n) is 7.98. The van der Waals surface area contributed by atoms with Gasteiger partial charge in [-0.15, -0.1) is 0 Å². The van der Waals surface area contributed by atoms with Gasteiger partial charge in [0, 0.05) is 5.54 Å². The van der Waals surface area contributed by atoms with Crippen LogP contribution in [0.3, 0.4) is 0 Å². The Kier molecular flexibility index (Phi) is 4.87. The van der Waals surface area contributed by atoms with E-state index < -0.39 is 6.10 Å². The molecule has 1 heterocycles. The van der Waals surface area contributed by atoms with Crippen LogP contribution in [0.15, 0.2) is 18.2 Å². The minimum atomic E-state index is -0.413. The number of rotatable bonds is 4. The zero-order valence-electron chi connectivity index (χ0n) is 13.4. The molecule has 1 saturated heterocycles. The Morgan fingerprint density at radius 1 is 1.10 bits per heavy atom. The van der Waals surface area contributed by atoms with Gasteiger partial charge in [-0.25, -0.2) is 0 Å². The molecule has 2 heteroatoms. The van der Waals surface area contributed by atoms with Crippen LogP contribution in [0.25, 0.3) is 0 Å². The minimum Gasteiger partial charge on any atom is -0.386 e. The molecule has 0 radical (unpaired) electrons. The number of aliphatic hydroxyl groups excluding tert-OH is 1. The standard InChI is InChI=1S/C18H29NO/c1-5-18(4,19-9-7-6-8-10-19)17(20)16-12-14(2)11-15(3)13-16/h11-13,17,20H,5-10H2,1-4H3. The minimum absolute atomic E-state index is 0.152. The van der Waals surface area contributed by atoms with Crippen molar-refractivity contribution in [2.24, 2.45) is 0 Å². The highest BCUT2D eigenvalue weighted by Crippen LogP contribution is 2.36. The van der Waals surface area contributed by atoms with Gasteiger partial charge in [0.25, 0.3) is 0 Å². The fraction of sp³-hybridized carbons (Fsp3) is 0.667. The summed E-state index contributed by atoms with van der Waals surface area (Å²) in [5.74, 6) is 0. The van der Waals surface area contributed by atoms with E-state index >= 15 is 0 Å². The summed E-state index contributed by atoms with van der Waals surface area (Å²) in [6.45, 7) is 10.9. The summed E-state index contributed by atoms with van der Waals surface area (Å²) in [5.41, 5.74) is 3.38. The van der Waals surface area contributed by atoms with Crippen LogP contribution in [-0.4, -0.2) is 28.6 Å². The van der Waals surface area contributed by atoms with Crippen LogP contribution < -0.4 is 0 Å². The molecule has 1 N–H and O–H groups in total. The predicted molar refractivity (Wildman–Crippen MR) is 85.0 cm³/mol. The molecular weight excluding hydrogens is 246 g/mol. The first kappa shape index (κ1) is 15.5. The van der Waals surface area contributed by atoms with Crippen molar-refractivity contribution in [1.82, 2.24) is 4.90 Å². The van der Waals surface area contributed by atoms with Gasteiger partial charge >= 0.3 is 0 Å². The molecule has 1 aliphatic rings. The van der Waals surface area contributed by atoms with Crippen molar-refractivity contribution in [2.75, 3.05) is 13.1 Å². The summed E-state index contributed by atoms with van der Waals surface area (Å²) >= 11 is 0. The molecule has 1 aromatic carbocycles. The van der Waals surface area contributed by atoms with Crippen molar-refractivity contribution in [3.05, 3.63) is 34.9 Å². The molecule has 2 unspecified atom stereocenters. The zero-order valence-corrected chi connectivity index (χ0v) is 13.4. The normalized spacial score (nSPS) is 21.4. The monoisotopic (exact) mass is 275 g/mol. The first-order valence-corrected chi connectivity index (χ1v) is 7.98. The van der Waals surface area contributed by atoms with Gasteiger partial charge in [0.05, 0.1) is 6.10 Å². The second-order valence-electron chi connectivity index (χ2n) is 6.58. The Morgan fingerprint density at radius 3 is 2.15 bits per heavy atom.